The maximum Gasteiger partial charge on any atom is 0.0391 e. The van der Waals surface area contributed by atoms with E-state index in [-0.39, 0.29) is 24.8 Å². The molecule has 70 valence electrons. The van der Waals surface area contributed by atoms with Crippen LogP contribution in [-0.4, -0.2) is 37.1 Å². The Balaban J connectivity index is 0. The van der Waals surface area contributed by atoms with Gasteiger partial charge in [0.15, 0.2) is 0 Å². The summed E-state index contributed by atoms with van der Waals surface area (Å²) in [6.45, 7) is 5.61. The molecule has 1 aliphatic heterocycles. The summed E-state index contributed by atoms with van der Waals surface area (Å²) in [6.07, 6.45) is 0. The van der Waals surface area contributed by atoms with Crippen LogP contribution in [0.3, 0.4) is 0 Å². The molecule has 1 rings (SSSR count). The van der Waals surface area contributed by atoms with Crippen molar-refractivity contribution in [2.24, 2.45) is 0 Å². The van der Waals surface area contributed by atoms with Crippen molar-refractivity contribution in [1.82, 2.24) is 10.2 Å². The number of nitrogens with zero attached hydrogens (tertiary/aromatic N) is 1. The molecule has 0 aromatic rings. The molecule has 0 bridgehead atoms. The molecule has 4 heteroatoms. The highest BCUT2D eigenvalue weighted by Crippen LogP contribution is 2.20. The Morgan fingerprint density at radius 1 is 1.27 bits per heavy atom. The summed E-state index contributed by atoms with van der Waals surface area (Å²) < 4.78 is 0. The van der Waals surface area contributed by atoms with Gasteiger partial charge >= 0.3 is 0 Å². The monoisotopic (exact) mass is 200 g/mol. The lowest BCUT2D eigenvalue weighted by Gasteiger charge is -2.49. The van der Waals surface area contributed by atoms with Crippen LogP contribution >= 0.6 is 24.8 Å². The average Bonchev–Trinajstić information content (AvgIpc) is 1.62. The Kier molecular flexibility index (Phi) is 5.76. The topological polar surface area (TPSA) is 15.3 Å². The van der Waals surface area contributed by atoms with Crippen LogP contribution in [0.25, 0.3) is 0 Å². The van der Waals surface area contributed by atoms with Crippen LogP contribution in [0.5, 0.6) is 0 Å². The van der Waals surface area contributed by atoms with Crippen molar-refractivity contribution in [2.75, 3.05) is 20.6 Å². The van der Waals surface area contributed by atoms with E-state index in [9.17, 15) is 0 Å². The van der Waals surface area contributed by atoms with E-state index in [2.05, 4.69) is 38.2 Å². The SMILES string of the molecule is CN(C)C1CNC1(C)C.Cl.Cl. The van der Waals surface area contributed by atoms with Crippen molar-refractivity contribution >= 4 is 24.8 Å². The Morgan fingerprint density at radius 2 is 1.73 bits per heavy atom. The first-order valence-corrected chi connectivity index (χ1v) is 3.45. The number of halogens is 2. The highest BCUT2D eigenvalue weighted by Gasteiger charge is 2.38. The zero-order valence-electron chi connectivity index (χ0n) is 7.55. The number of rotatable bonds is 1. The molecule has 0 amide bonds. The van der Waals surface area contributed by atoms with Crippen LogP contribution in [0.2, 0.25) is 0 Å². The van der Waals surface area contributed by atoms with E-state index >= 15 is 0 Å². The van der Waals surface area contributed by atoms with Gasteiger partial charge in [0, 0.05) is 18.1 Å². The second kappa shape index (κ2) is 4.51. The molecule has 0 aromatic heterocycles. The van der Waals surface area contributed by atoms with Gasteiger partial charge in [-0.2, -0.15) is 0 Å². The third-order valence-corrected chi connectivity index (χ3v) is 2.21. The van der Waals surface area contributed by atoms with E-state index in [4.69, 9.17) is 0 Å². The summed E-state index contributed by atoms with van der Waals surface area (Å²) in [5.41, 5.74) is 0.337. The highest BCUT2D eigenvalue weighted by atomic mass is 35.5. The van der Waals surface area contributed by atoms with E-state index in [1.807, 2.05) is 0 Å². The Labute approximate surface area is 81.5 Å². The van der Waals surface area contributed by atoms with E-state index < -0.39 is 0 Å². The van der Waals surface area contributed by atoms with Gasteiger partial charge in [0.2, 0.25) is 0 Å². The van der Waals surface area contributed by atoms with E-state index in [1.165, 1.54) is 0 Å². The van der Waals surface area contributed by atoms with E-state index in [1.54, 1.807) is 0 Å². The lowest BCUT2D eigenvalue weighted by Crippen LogP contribution is -2.70. The number of hydrogen-bond acceptors (Lipinski definition) is 2. The molecule has 11 heavy (non-hydrogen) atoms. The minimum absolute atomic E-state index is 0. The van der Waals surface area contributed by atoms with Gasteiger partial charge in [0.25, 0.3) is 0 Å². The molecule has 1 atom stereocenters. The van der Waals surface area contributed by atoms with Crippen molar-refractivity contribution < 1.29 is 0 Å². The van der Waals surface area contributed by atoms with Crippen molar-refractivity contribution in [3.63, 3.8) is 0 Å². The minimum atomic E-state index is 0. The molecule has 1 N–H and O–H groups in total. The summed E-state index contributed by atoms with van der Waals surface area (Å²) in [5.74, 6) is 0. The molecule has 1 fully saturated rings. The lowest BCUT2D eigenvalue weighted by atomic mass is 9.86. The van der Waals surface area contributed by atoms with Crippen LogP contribution in [0, 0.1) is 0 Å². The van der Waals surface area contributed by atoms with Crippen LogP contribution in [0.1, 0.15) is 13.8 Å². The van der Waals surface area contributed by atoms with Gasteiger partial charge in [-0.05, 0) is 27.9 Å². The largest absolute Gasteiger partial charge is 0.309 e. The average molecular weight is 201 g/mol. The molecule has 0 radical (unpaired) electrons. The van der Waals surface area contributed by atoms with E-state index in [0.29, 0.717) is 5.54 Å². The van der Waals surface area contributed by atoms with Gasteiger partial charge in [-0.3, -0.25) is 0 Å². The summed E-state index contributed by atoms with van der Waals surface area (Å²) in [4.78, 5) is 2.27. The molecular weight excluding hydrogens is 183 g/mol. The second-order valence-corrected chi connectivity index (χ2v) is 3.58. The number of hydrogen-bond donors (Lipinski definition) is 1. The molecule has 0 saturated carbocycles. The van der Waals surface area contributed by atoms with Crippen LogP contribution in [0.15, 0.2) is 0 Å². The Hall–Kier alpha value is 0.500. The molecular formula is C7H18Cl2N2. The van der Waals surface area contributed by atoms with Crippen molar-refractivity contribution in [3.8, 4) is 0 Å². The molecule has 0 aromatic carbocycles. The Morgan fingerprint density at radius 3 is 1.73 bits per heavy atom. The third-order valence-electron chi connectivity index (χ3n) is 2.21. The molecule has 1 unspecified atom stereocenters. The summed E-state index contributed by atoms with van der Waals surface area (Å²) >= 11 is 0. The van der Waals surface area contributed by atoms with Gasteiger partial charge in [0.1, 0.15) is 0 Å². The van der Waals surface area contributed by atoms with Crippen molar-refractivity contribution in [3.05, 3.63) is 0 Å². The normalized spacial score (nSPS) is 26.5. The zero-order chi connectivity index (χ0) is 7.07. The lowest BCUT2D eigenvalue weighted by molar-refractivity contribution is 0.0845. The summed E-state index contributed by atoms with van der Waals surface area (Å²) in [7, 11) is 4.26. The third kappa shape index (κ3) is 2.79. The Bertz CT molecular complexity index is 115. The number of likely N-dealkylation sites (N-methyl/N-ethyl adjacent to an activating group) is 1. The minimum Gasteiger partial charge on any atom is -0.309 e. The first-order valence-electron chi connectivity index (χ1n) is 3.45. The molecule has 1 aliphatic rings. The van der Waals surface area contributed by atoms with Gasteiger partial charge < -0.3 is 10.2 Å². The maximum absolute atomic E-state index is 3.37. The standard InChI is InChI=1S/C7H16N2.2ClH/c1-7(2)6(5-8-7)9(3)4;;/h6,8H,5H2,1-4H3;2*1H. The van der Waals surface area contributed by atoms with Crippen molar-refractivity contribution in [2.45, 2.75) is 25.4 Å². The first-order chi connectivity index (χ1) is 4.04. The van der Waals surface area contributed by atoms with E-state index in [0.717, 1.165) is 12.6 Å². The van der Waals surface area contributed by atoms with Gasteiger partial charge in [0.05, 0.1) is 0 Å². The predicted molar refractivity (Wildman–Crippen MR) is 54.1 cm³/mol. The highest BCUT2D eigenvalue weighted by molar-refractivity contribution is 5.85. The first kappa shape index (κ1) is 14.0. The van der Waals surface area contributed by atoms with Gasteiger partial charge in [-0.25, -0.2) is 0 Å². The number of nitrogens with one attached hydrogen (secondary N) is 1. The maximum atomic E-state index is 3.37. The summed E-state index contributed by atoms with van der Waals surface area (Å²) in [6, 6.07) is 0.720. The predicted octanol–water partition coefficient (Wildman–Crippen LogP) is 1.14. The van der Waals surface area contributed by atoms with Gasteiger partial charge in [-0.15, -0.1) is 24.8 Å². The molecule has 0 aliphatic carbocycles. The van der Waals surface area contributed by atoms with Crippen molar-refractivity contribution in [1.29, 1.82) is 0 Å². The quantitative estimate of drug-likeness (QED) is 0.684. The van der Waals surface area contributed by atoms with Gasteiger partial charge in [-0.1, -0.05) is 0 Å². The van der Waals surface area contributed by atoms with Crippen LogP contribution < -0.4 is 5.32 Å². The smallest absolute Gasteiger partial charge is 0.0391 e. The van der Waals surface area contributed by atoms with Crippen LogP contribution in [-0.2, 0) is 0 Å². The molecule has 0 spiro atoms. The fourth-order valence-electron chi connectivity index (χ4n) is 1.43. The fraction of sp³-hybridized carbons (Fsp3) is 1.00. The molecule has 1 saturated heterocycles. The molecule has 2 nitrogen and oxygen atoms in total. The fourth-order valence-corrected chi connectivity index (χ4v) is 1.43. The van der Waals surface area contributed by atoms with Crippen LogP contribution in [0.4, 0.5) is 0 Å². The summed E-state index contributed by atoms with van der Waals surface area (Å²) in [5, 5.41) is 3.37. The zero-order valence-corrected chi connectivity index (χ0v) is 9.18. The molecule has 1 heterocycles. The second-order valence-electron chi connectivity index (χ2n) is 3.58.